The Morgan fingerprint density at radius 1 is 1.50 bits per heavy atom. The molecule has 0 atom stereocenters. The molecule has 2 N–H and O–H groups in total. The number of halogens is 4. The molecular weight excluding hydrogens is 317 g/mol. The van der Waals surface area contributed by atoms with Crippen LogP contribution in [0.4, 0.5) is 13.2 Å². The van der Waals surface area contributed by atoms with Crippen LogP contribution in [-0.2, 0) is 6.18 Å². The highest BCUT2D eigenvalue weighted by molar-refractivity contribution is 9.10. The summed E-state index contributed by atoms with van der Waals surface area (Å²) in [4.78, 5) is 24.6. The van der Waals surface area contributed by atoms with Crippen molar-refractivity contribution in [1.29, 1.82) is 0 Å². The van der Waals surface area contributed by atoms with E-state index in [2.05, 4.69) is 21.2 Å². The van der Waals surface area contributed by atoms with Gasteiger partial charge < -0.3 is 10.3 Å². The largest absolute Gasteiger partial charge is 0.432 e. The molecular formula is C10H10BrF3N2O2. The zero-order valence-corrected chi connectivity index (χ0v) is 10.9. The Kier molecular flexibility index (Phi) is 4.55. The van der Waals surface area contributed by atoms with Crippen LogP contribution in [0.5, 0.6) is 0 Å². The molecule has 100 valence electrons. The zero-order valence-electron chi connectivity index (χ0n) is 9.32. The summed E-state index contributed by atoms with van der Waals surface area (Å²) in [6.07, 6.45) is -4.03. The van der Waals surface area contributed by atoms with Gasteiger partial charge in [-0.15, -0.1) is 0 Å². The molecule has 0 spiro atoms. The maximum Gasteiger partial charge on any atom is 0.432 e. The van der Waals surface area contributed by atoms with Gasteiger partial charge in [-0.3, -0.25) is 9.59 Å². The first-order valence-electron chi connectivity index (χ1n) is 5.05. The van der Waals surface area contributed by atoms with Crippen molar-refractivity contribution < 1.29 is 18.0 Å². The molecule has 0 bridgehead atoms. The van der Waals surface area contributed by atoms with E-state index in [1.807, 2.05) is 6.92 Å². The van der Waals surface area contributed by atoms with Gasteiger partial charge in [0, 0.05) is 11.0 Å². The molecule has 4 nitrogen and oxygen atoms in total. The van der Waals surface area contributed by atoms with Crippen LogP contribution >= 0.6 is 15.9 Å². The van der Waals surface area contributed by atoms with Crippen LogP contribution in [0, 0.1) is 0 Å². The number of hydrogen-bond donors (Lipinski definition) is 2. The molecule has 8 heteroatoms. The van der Waals surface area contributed by atoms with E-state index < -0.39 is 23.3 Å². The number of nitrogens with one attached hydrogen (secondary N) is 2. The van der Waals surface area contributed by atoms with Crippen LogP contribution in [0.3, 0.4) is 0 Å². The van der Waals surface area contributed by atoms with Gasteiger partial charge in [-0.25, -0.2) is 0 Å². The van der Waals surface area contributed by atoms with E-state index in [4.69, 9.17) is 0 Å². The Morgan fingerprint density at radius 2 is 2.11 bits per heavy atom. The second-order valence-corrected chi connectivity index (χ2v) is 4.34. The summed E-state index contributed by atoms with van der Waals surface area (Å²) < 4.78 is 37.0. The third kappa shape index (κ3) is 3.34. The lowest BCUT2D eigenvalue weighted by atomic mass is 10.2. The minimum atomic E-state index is -4.68. The van der Waals surface area contributed by atoms with Crippen molar-refractivity contribution in [2.45, 2.75) is 19.5 Å². The number of aromatic amines is 1. The molecule has 1 aromatic heterocycles. The SMILES string of the molecule is CCCNC(=O)c1cc(Br)c(C(F)(F)F)[nH]c1=O. The van der Waals surface area contributed by atoms with Gasteiger partial charge in [0.05, 0.1) is 0 Å². The molecule has 18 heavy (non-hydrogen) atoms. The van der Waals surface area contributed by atoms with Crippen LogP contribution in [0.2, 0.25) is 0 Å². The smallest absolute Gasteiger partial charge is 0.352 e. The number of hydrogen-bond acceptors (Lipinski definition) is 2. The fraction of sp³-hybridized carbons (Fsp3) is 0.400. The van der Waals surface area contributed by atoms with E-state index in [0.717, 1.165) is 6.07 Å². The summed E-state index contributed by atoms with van der Waals surface area (Å²) in [6.45, 7) is 2.16. The van der Waals surface area contributed by atoms with E-state index in [-0.39, 0.29) is 10.0 Å². The highest BCUT2D eigenvalue weighted by atomic mass is 79.9. The highest BCUT2D eigenvalue weighted by Gasteiger charge is 2.35. The van der Waals surface area contributed by atoms with Gasteiger partial charge in [-0.05, 0) is 28.4 Å². The molecule has 0 aliphatic rings. The molecule has 1 rings (SSSR count). The fourth-order valence-corrected chi connectivity index (χ4v) is 1.77. The minimum Gasteiger partial charge on any atom is -0.352 e. The maximum absolute atomic E-state index is 12.5. The molecule has 1 aromatic rings. The van der Waals surface area contributed by atoms with Crippen LogP contribution in [0.1, 0.15) is 29.4 Å². The summed E-state index contributed by atoms with van der Waals surface area (Å²) in [5.74, 6) is -0.701. The van der Waals surface area contributed by atoms with Crippen molar-refractivity contribution in [3.8, 4) is 0 Å². The predicted molar refractivity (Wildman–Crippen MR) is 62.4 cm³/mol. The number of H-pyrrole nitrogens is 1. The lowest BCUT2D eigenvalue weighted by Gasteiger charge is -2.10. The zero-order chi connectivity index (χ0) is 13.9. The third-order valence-electron chi connectivity index (χ3n) is 2.06. The molecule has 0 aliphatic heterocycles. The summed E-state index contributed by atoms with van der Waals surface area (Å²) in [6, 6.07) is 0.868. The topological polar surface area (TPSA) is 62.0 Å². The number of rotatable bonds is 3. The van der Waals surface area contributed by atoms with Crippen LogP contribution in [0.15, 0.2) is 15.3 Å². The number of carbonyl (C=O) groups excluding carboxylic acids is 1. The minimum absolute atomic E-state index is 0.344. The Morgan fingerprint density at radius 3 is 2.61 bits per heavy atom. The molecule has 0 fully saturated rings. The van der Waals surface area contributed by atoms with Crippen molar-refractivity contribution in [3.05, 3.63) is 32.2 Å². The Bertz CT molecular complexity index is 511. The monoisotopic (exact) mass is 326 g/mol. The average Bonchev–Trinajstić information content (AvgIpc) is 2.27. The van der Waals surface area contributed by atoms with Crippen molar-refractivity contribution >= 4 is 21.8 Å². The normalized spacial score (nSPS) is 11.4. The average molecular weight is 327 g/mol. The van der Waals surface area contributed by atoms with E-state index in [0.29, 0.717) is 13.0 Å². The second kappa shape index (κ2) is 5.55. The summed E-state index contributed by atoms with van der Waals surface area (Å²) in [5, 5.41) is 2.41. The molecule has 0 aliphatic carbocycles. The molecule has 0 saturated carbocycles. The van der Waals surface area contributed by atoms with E-state index >= 15 is 0 Å². The van der Waals surface area contributed by atoms with Crippen molar-refractivity contribution in [1.82, 2.24) is 10.3 Å². The first-order valence-corrected chi connectivity index (χ1v) is 5.85. The van der Waals surface area contributed by atoms with Crippen LogP contribution in [0.25, 0.3) is 0 Å². The molecule has 0 radical (unpaired) electrons. The molecule has 0 aromatic carbocycles. The maximum atomic E-state index is 12.5. The molecule has 1 amide bonds. The van der Waals surface area contributed by atoms with Gasteiger partial charge in [-0.1, -0.05) is 6.92 Å². The number of carbonyl (C=O) groups is 1. The number of alkyl halides is 3. The molecule has 0 unspecified atom stereocenters. The lowest BCUT2D eigenvalue weighted by Crippen LogP contribution is -2.31. The third-order valence-corrected chi connectivity index (χ3v) is 2.68. The Labute approximate surface area is 109 Å². The summed E-state index contributed by atoms with van der Waals surface area (Å²) in [5.41, 5.74) is -2.64. The van der Waals surface area contributed by atoms with Crippen molar-refractivity contribution in [2.24, 2.45) is 0 Å². The van der Waals surface area contributed by atoms with Crippen LogP contribution in [-0.4, -0.2) is 17.4 Å². The predicted octanol–water partition coefficient (Wildman–Crippen LogP) is 2.30. The van der Waals surface area contributed by atoms with Crippen molar-refractivity contribution in [2.75, 3.05) is 6.54 Å². The quantitative estimate of drug-likeness (QED) is 0.895. The van der Waals surface area contributed by atoms with Crippen molar-refractivity contribution in [3.63, 3.8) is 0 Å². The van der Waals surface area contributed by atoms with E-state index in [9.17, 15) is 22.8 Å². The fourth-order valence-electron chi connectivity index (χ4n) is 1.21. The van der Waals surface area contributed by atoms with Gasteiger partial charge in [0.2, 0.25) is 0 Å². The molecule has 0 saturated heterocycles. The highest BCUT2D eigenvalue weighted by Crippen LogP contribution is 2.32. The first kappa shape index (κ1) is 14.7. The summed E-state index contributed by atoms with van der Waals surface area (Å²) >= 11 is 2.68. The van der Waals surface area contributed by atoms with Gasteiger partial charge in [0.15, 0.2) is 0 Å². The molecule has 1 heterocycles. The van der Waals surface area contributed by atoms with E-state index in [1.165, 1.54) is 0 Å². The van der Waals surface area contributed by atoms with Gasteiger partial charge in [0.1, 0.15) is 11.3 Å². The van der Waals surface area contributed by atoms with Gasteiger partial charge in [-0.2, -0.15) is 13.2 Å². The Hall–Kier alpha value is -1.31. The Balaban J connectivity index is 3.16. The van der Waals surface area contributed by atoms with Gasteiger partial charge >= 0.3 is 6.18 Å². The number of amides is 1. The lowest BCUT2D eigenvalue weighted by molar-refractivity contribution is -0.142. The van der Waals surface area contributed by atoms with E-state index in [1.54, 1.807) is 4.98 Å². The number of aromatic nitrogens is 1. The van der Waals surface area contributed by atoms with Gasteiger partial charge in [0.25, 0.3) is 11.5 Å². The number of pyridine rings is 1. The first-order chi connectivity index (χ1) is 8.27. The summed E-state index contributed by atoms with van der Waals surface area (Å²) in [7, 11) is 0. The second-order valence-electron chi connectivity index (χ2n) is 3.49. The standard InChI is InChI=1S/C10H10BrF3N2O2/c1-2-3-15-8(17)5-4-6(11)7(10(12,13)14)16-9(5)18/h4H,2-3H2,1H3,(H,15,17)(H,16,18). The van der Waals surface area contributed by atoms with Crippen LogP contribution < -0.4 is 10.9 Å².